The fourth-order valence-corrected chi connectivity index (χ4v) is 7.60. The molecule has 1 amide bonds. The summed E-state index contributed by atoms with van der Waals surface area (Å²) < 4.78 is 22.6. The third kappa shape index (κ3) is 26.2. The molecule has 12 atom stereocenters. The average molecular weight is 960 g/mol. The van der Waals surface area contributed by atoms with Crippen molar-refractivity contribution < 1.29 is 64.6 Å². The van der Waals surface area contributed by atoms with Gasteiger partial charge in [0.25, 0.3) is 0 Å². The lowest BCUT2D eigenvalue weighted by Crippen LogP contribution is -2.65. The molecule has 14 heteroatoms. The highest BCUT2D eigenvalue weighted by Gasteiger charge is 2.51. The zero-order chi connectivity index (χ0) is 49.6. The summed E-state index contributed by atoms with van der Waals surface area (Å²) >= 11 is 0. The number of unbranched alkanes of at least 4 members (excludes halogenated alkanes) is 10. The van der Waals surface area contributed by atoms with Crippen LogP contribution in [-0.2, 0) is 23.7 Å². The van der Waals surface area contributed by atoms with Gasteiger partial charge in [-0.3, -0.25) is 4.79 Å². The highest BCUT2D eigenvalue weighted by molar-refractivity contribution is 5.76. The van der Waals surface area contributed by atoms with E-state index in [1.807, 2.05) is 6.08 Å². The maximum absolute atomic E-state index is 13.2. The van der Waals surface area contributed by atoms with Crippen LogP contribution in [0, 0.1) is 0 Å². The number of carbonyl (C=O) groups excluding carboxylic acids is 1. The van der Waals surface area contributed by atoms with Gasteiger partial charge in [0.05, 0.1) is 32.0 Å². The predicted molar refractivity (Wildman–Crippen MR) is 267 cm³/mol. The molecule has 2 aliphatic heterocycles. The van der Waals surface area contributed by atoms with E-state index in [9.17, 15) is 45.6 Å². The van der Waals surface area contributed by atoms with E-state index < -0.39 is 86.8 Å². The molecular weight excluding hydrogens is 871 g/mol. The zero-order valence-corrected chi connectivity index (χ0v) is 41.0. The average Bonchev–Trinajstić information content (AvgIpc) is 3.34. The summed E-state index contributed by atoms with van der Waals surface area (Å²) in [5.74, 6) is -0.281. The summed E-state index contributed by atoms with van der Waals surface area (Å²) in [5, 5.41) is 86.6. The van der Waals surface area contributed by atoms with Crippen LogP contribution in [0.15, 0.2) is 97.2 Å². The molecule has 14 nitrogen and oxygen atoms in total. The molecule has 0 bridgehead atoms. The van der Waals surface area contributed by atoms with Crippen LogP contribution in [0.5, 0.6) is 0 Å². The SMILES string of the molecule is CC/C=C\C/C=C\C/C=C\C/C=C\C/C=C\C/C=C\CCCCCCC(=O)NC(COC1OC(CO)C(OC2OC(CO)C(O)C(O)C2O)C(O)C1O)C(O)/C=C/CC/C=C/CCCCCCC. The molecule has 0 radical (unpaired) electrons. The molecule has 0 saturated carbocycles. The molecule has 68 heavy (non-hydrogen) atoms. The Labute approximate surface area is 407 Å². The van der Waals surface area contributed by atoms with Crippen molar-refractivity contribution in [3.8, 4) is 0 Å². The van der Waals surface area contributed by atoms with Crippen molar-refractivity contribution in [1.82, 2.24) is 5.32 Å². The van der Waals surface area contributed by atoms with Crippen LogP contribution in [-0.4, -0.2) is 140 Å². The molecule has 388 valence electrons. The Morgan fingerprint density at radius 2 is 1.03 bits per heavy atom. The summed E-state index contributed by atoms with van der Waals surface area (Å²) in [4.78, 5) is 13.2. The number of aliphatic hydroxyl groups excluding tert-OH is 8. The minimum absolute atomic E-state index is 0.237. The standard InChI is InChI=1S/C54H89NO13/c1-3-5-7-9-11-13-15-16-17-18-19-20-21-22-23-24-25-26-28-30-32-34-36-38-46(59)55-42(43(58)37-35-33-31-29-27-14-12-10-8-6-4-2)41-65-53-51(64)49(62)52(45(40-57)67-53)68-54-50(63)48(61)47(60)44(39-56)66-54/h5,7,11,13,16-17,19-20,22-23,25-27,29,35,37,42-45,47-54,56-58,60-64H,3-4,6,8-10,12,14-15,18,21,24,28,30-34,36,38-41H2,1-2H3,(H,55,59)/b7-5-,13-11-,17-16-,20-19-,23-22-,26-25-,29-27+,37-35+. The molecule has 2 fully saturated rings. The number of hydrogen-bond acceptors (Lipinski definition) is 13. The van der Waals surface area contributed by atoms with Crippen molar-refractivity contribution in [3.63, 3.8) is 0 Å². The minimum Gasteiger partial charge on any atom is -0.394 e. The molecule has 0 aliphatic carbocycles. The monoisotopic (exact) mass is 960 g/mol. The second-order valence-electron chi connectivity index (χ2n) is 17.6. The summed E-state index contributed by atoms with van der Waals surface area (Å²) in [7, 11) is 0. The Hall–Kier alpha value is -3.09. The number of hydrogen-bond donors (Lipinski definition) is 9. The Balaban J connectivity index is 1.83. The van der Waals surface area contributed by atoms with E-state index in [1.54, 1.807) is 6.08 Å². The summed E-state index contributed by atoms with van der Waals surface area (Å²) in [5.41, 5.74) is 0. The first kappa shape index (κ1) is 61.0. The van der Waals surface area contributed by atoms with Crippen molar-refractivity contribution in [2.45, 2.75) is 216 Å². The number of amides is 1. The van der Waals surface area contributed by atoms with Crippen LogP contribution in [0.2, 0.25) is 0 Å². The second kappa shape index (κ2) is 39.6. The van der Waals surface area contributed by atoms with E-state index in [-0.39, 0.29) is 18.9 Å². The predicted octanol–water partition coefficient (Wildman–Crippen LogP) is 6.76. The molecule has 2 heterocycles. The van der Waals surface area contributed by atoms with Crippen molar-refractivity contribution in [3.05, 3.63) is 97.2 Å². The molecule has 2 rings (SSSR count). The number of rotatable bonds is 37. The van der Waals surface area contributed by atoms with Gasteiger partial charge in [-0.1, -0.05) is 150 Å². The fraction of sp³-hybridized carbons (Fsp3) is 0.685. The van der Waals surface area contributed by atoms with Crippen molar-refractivity contribution in [2.24, 2.45) is 0 Å². The number of ether oxygens (including phenoxy) is 4. The third-order valence-electron chi connectivity index (χ3n) is 11.8. The van der Waals surface area contributed by atoms with E-state index in [1.165, 1.54) is 25.7 Å². The second-order valence-corrected chi connectivity index (χ2v) is 17.6. The van der Waals surface area contributed by atoms with Gasteiger partial charge >= 0.3 is 0 Å². The lowest BCUT2D eigenvalue weighted by Gasteiger charge is -2.46. The van der Waals surface area contributed by atoms with Gasteiger partial charge in [0.15, 0.2) is 12.6 Å². The molecule has 12 unspecified atom stereocenters. The molecule has 9 N–H and O–H groups in total. The summed E-state index contributed by atoms with van der Waals surface area (Å²) in [6.07, 6.45) is 35.9. The van der Waals surface area contributed by atoms with Crippen LogP contribution in [0.3, 0.4) is 0 Å². The van der Waals surface area contributed by atoms with Crippen LogP contribution < -0.4 is 5.32 Å². The van der Waals surface area contributed by atoms with Gasteiger partial charge in [-0.25, -0.2) is 0 Å². The quantitative estimate of drug-likeness (QED) is 0.0232. The van der Waals surface area contributed by atoms with Gasteiger partial charge in [0.1, 0.15) is 48.8 Å². The Bertz CT molecular complexity index is 1510. The van der Waals surface area contributed by atoms with Gasteiger partial charge in [-0.15, -0.1) is 0 Å². The van der Waals surface area contributed by atoms with Crippen LogP contribution in [0.25, 0.3) is 0 Å². The van der Waals surface area contributed by atoms with E-state index in [0.29, 0.717) is 12.8 Å². The number of nitrogens with one attached hydrogen (secondary N) is 1. The summed E-state index contributed by atoms with van der Waals surface area (Å²) in [6.45, 7) is 2.57. The number of aliphatic hydroxyl groups is 8. The van der Waals surface area contributed by atoms with Crippen molar-refractivity contribution >= 4 is 5.91 Å². The Kier molecular flexibility index (Phi) is 35.6. The molecule has 0 aromatic heterocycles. The molecule has 2 aliphatic rings. The van der Waals surface area contributed by atoms with Crippen LogP contribution in [0.4, 0.5) is 0 Å². The highest BCUT2D eigenvalue weighted by atomic mass is 16.7. The zero-order valence-electron chi connectivity index (χ0n) is 41.0. The third-order valence-corrected chi connectivity index (χ3v) is 11.8. The molecule has 2 saturated heterocycles. The summed E-state index contributed by atoms with van der Waals surface area (Å²) in [6, 6.07) is -0.950. The van der Waals surface area contributed by atoms with Crippen molar-refractivity contribution in [2.75, 3.05) is 19.8 Å². The lowest BCUT2D eigenvalue weighted by molar-refractivity contribution is -0.359. The van der Waals surface area contributed by atoms with E-state index >= 15 is 0 Å². The van der Waals surface area contributed by atoms with Gasteiger partial charge in [-0.05, 0) is 83.5 Å². The van der Waals surface area contributed by atoms with Crippen molar-refractivity contribution in [1.29, 1.82) is 0 Å². The van der Waals surface area contributed by atoms with E-state index in [2.05, 4.69) is 104 Å². The molecule has 0 spiro atoms. The molecule has 0 aromatic carbocycles. The van der Waals surface area contributed by atoms with Crippen LogP contribution in [0.1, 0.15) is 142 Å². The van der Waals surface area contributed by atoms with Gasteiger partial charge < -0.3 is 65.1 Å². The topological polar surface area (TPSA) is 228 Å². The minimum atomic E-state index is -1.80. The lowest BCUT2D eigenvalue weighted by atomic mass is 9.97. The first-order valence-electron chi connectivity index (χ1n) is 25.5. The first-order valence-corrected chi connectivity index (χ1v) is 25.5. The van der Waals surface area contributed by atoms with E-state index in [0.717, 1.165) is 83.5 Å². The largest absolute Gasteiger partial charge is 0.394 e. The van der Waals surface area contributed by atoms with Crippen LogP contribution >= 0.6 is 0 Å². The Morgan fingerprint density at radius 3 is 1.60 bits per heavy atom. The molecular formula is C54H89NO13. The highest BCUT2D eigenvalue weighted by Crippen LogP contribution is 2.30. The maximum Gasteiger partial charge on any atom is 0.220 e. The number of carbonyl (C=O) groups is 1. The molecule has 0 aromatic rings. The van der Waals surface area contributed by atoms with Gasteiger partial charge in [0.2, 0.25) is 5.91 Å². The number of allylic oxidation sites excluding steroid dienone is 15. The smallest absolute Gasteiger partial charge is 0.220 e. The normalized spacial score (nSPS) is 27.2. The first-order chi connectivity index (χ1) is 33.1. The van der Waals surface area contributed by atoms with Gasteiger partial charge in [0, 0.05) is 6.42 Å². The fourth-order valence-electron chi connectivity index (χ4n) is 7.60. The Morgan fingerprint density at radius 1 is 0.544 bits per heavy atom. The van der Waals surface area contributed by atoms with Gasteiger partial charge in [-0.2, -0.15) is 0 Å². The van der Waals surface area contributed by atoms with E-state index in [4.69, 9.17) is 18.9 Å². The maximum atomic E-state index is 13.2.